The van der Waals surface area contributed by atoms with Crippen molar-refractivity contribution in [3.63, 3.8) is 0 Å². The van der Waals surface area contributed by atoms with Gasteiger partial charge in [-0.1, -0.05) is 6.92 Å². The first-order valence-corrected chi connectivity index (χ1v) is 5.22. The van der Waals surface area contributed by atoms with Gasteiger partial charge in [0.1, 0.15) is 6.54 Å². The molecule has 0 rings (SSSR count). The first-order valence-electron chi connectivity index (χ1n) is 5.22. The summed E-state index contributed by atoms with van der Waals surface area (Å²) in [7, 11) is 0. The summed E-state index contributed by atoms with van der Waals surface area (Å²) in [6.45, 7) is 6.12. The van der Waals surface area contributed by atoms with E-state index in [9.17, 15) is 9.59 Å². The summed E-state index contributed by atoms with van der Waals surface area (Å²) in [6.07, 6.45) is 0.790. The van der Waals surface area contributed by atoms with E-state index >= 15 is 0 Å². The Morgan fingerprint density at radius 2 is 2.00 bits per heavy atom. The highest BCUT2D eigenvalue weighted by atomic mass is 16.5. The summed E-state index contributed by atoms with van der Waals surface area (Å²) in [5, 5.41) is 0. The summed E-state index contributed by atoms with van der Waals surface area (Å²) in [5.74, 6) is -0.607. The van der Waals surface area contributed by atoms with Crippen LogP contribution in [0.4, 0.5) is 0 Å². The van der Waals surface area contributed by atoms with Crippen molar-refractivity contribution >= 4 is 11.9 Å². The highest BCUT2D eigenvalue weighted by Gasteiger charge is 2.19. The number of nitrogens with two attached hydrogens (primary N) is 1. The van der Waals surface area contributed by atoms with Crippen LogP contribution in [0.3, 0.4) is 0 Å². The van der Waals surface area contributed by atoms with Crippen molar-refractivity contribution in [1.29, 1.82) is 0 Å². The van der Waals surface area contributed by atoms with Crippen LogP contribution in [0, 0.1) is 0 Å². The van der Waals surface area contributed by atoms with Crippen molar-refractivity contribution in [1.82, 2.24) is 4.90 Å². The van der Waals surface area contributed by atoms with Gasteiger partial charge in [0.2, 0.25) is 5.91 Å². The van der Waals surface area contributed by atoms with Gasteiger partial charge in [0.05, 0.1) is 12.6 Å². The highest BCUT2D eigenvalue weighted by molar-refractivity contribution is 5.85. The van der Waals surface area contributed by atoms with Crippen molar-refractivity contribution in [3.05, 3.63) is 0 Å². The Hall–Kier alpha value is -1.10. The van der Waals surface area contributed by atoms with Crippen molar-refractivity contribution in [3.8, 4) is 0 Å². The van der Waals surface area contributed by atoms with E-state index in [2.05, 4.69) is 0 Å². The molecule has 88 valence electrons. The Bertz CT molecular complexity index is 217. The fraction of sp³-hybridized carbons (Fsp3) is 0.800. The van der Waals surface area contributed by atoms with Gasteiger partial charge in [-0.3, -0.25) is 9.59 Å². The molecule has 0 aromatic rings. The third-order valence-electron chi connectivity index (χ3n) is 1.82. The number of carbonyl (C=O) groups is 2. The lowest BCUT2D eigenvalue weighted by atomic mass is 10.3. The summed E-state index contributed by atoms with van der Waals surface area (Å²) in [6, 6.07) is -0.578. The Balaban J connectivity index is 4.26. The number of hydrogen-bond acceptors (Lipinski definition) is 4. The minimum atomic E-state index is -0.578. The van der Waals surface area contributed by atoms with E-state index < -0.39 is 6.04 Å². The number of ether oxygens (including phenoxy) is 1. The van der Waals surface area contributed by atoms with Crippen LogP contribution in [-0.2, 0) is 14.3 Å². The van der Waals surface area contributed by atoms with E-state index in [1.807, 2.05) is 6.92 Å². The molecule has 0 spiro atoms. The predicted octanol–water partition coefficient (Wildman–Crippen LogP) is 0.135. The molecule has 1 atom stereocenters. The smallest absolute Gasteiger partial charge is 0.325 e. The maximum Gasteiger partial charge on any atom is 0.325 e. The molecule has 5 heteroatoms. The molecule has 5 nitrogen and oxygen atoms in total. The average molecular weight is 216 g/mol. The average Bonchev–Trinajstić information content (AvgIpc) is 2.16. The standard InChI is InChI=1S/C10H20N2O3/c1-4-6-12(10(14)8(3)11)7-9(13)15-5-2/h8H,4-7,11H2,1-3H3. The number of rotatable bonds is 6. The number of carbonyl (C=O) groups excluding carboxylic acids is 2. The minimum Gasteiger partial charge on any atom is -0.465 e. The second-order valence-electron chi connectivity index (χ2n) is 3.35. The number of esters is 1. The van der Waals surface area contributed by atoms with Gasteiger partial charge in [-0.15, -0.1) is 0 Å². The second-order valence-corrected chi connectivity index (χ2v) is 3.35. The van der Waals surface area contributed by atoms with Crippen LogP contribution < -0.4 is 5.73 Å². The van der Waals surface area contributed by atoms with Gasteiger partial charge in [0.25, 0.3) is 0 Å². The van der Waals surface area contributed by atoms with E-state index in [0.717, 1.165) is 6.42 Å². The van der Waals surface area contributed by atoms with Gasteiger partial charge in [0.15, 0.2) is 0 Å². The third-order valence-corrected chi connectivity index (χ3v) is 1.82. The summed E-state index contributed by atoms with van der Waals surface area (Å²) in [5.41, 5.74) is 5.47. The Kier molecular flexibility index (Phi) is 6.70. The van der Waals surface area contributed by atoms with Crippen molar-refractivity contribution in [2.24, 2.45) is 5.73 Å². The molecular formula is C10H20N2O3. The summed E-state index contributed by atoms with van der Waals surface area (Å²) < 4.78 is 4.77. The zero-order valence-corrected chi connectivity index (χ0v) is 9.66. The summed E-state index contributed by atoms with van der Waals surface area (Å²) >= 11 is 0. The molecule has 0 saturated heterocycles. The fourth-order valence-electron chi connectivity index (χ4n) is 1.19. The molecule has 0 aromatic heterocycles. The SMILES string of the molecule is CCCN(CC(=O)OCC)C(=O)C(C)N. The highest BCUT2D eigenvalue weighted by Crippen LogP contribution is 1.97. The van der Waals surface area contributed by atoms with Gasteiger partial charge < -0.3 is 15.4 Å². The Morgan fingerprint density at radius 3 is 2.40 bits per heavy atom. The normalized spacial score (nSPS) is 12.0. The lowest BCUT2D eigenvalue weighted by Crippen LogP contribution is -2.45. The monoisotopic (exact) mass is 216 g/mol. The van der Waals surface area contributed by atoms with Crippen LogP contribution >= 0.6 is 0 Å². The van der Waals surface area contributed by atoms with Gasteiger partial charge in [-0.2, -0.15) is 0 Å². The summed E-state index contributed by atoms with van der Waals surface area (Å²) in [4.78, 5) is 24.2. The molecule has 0 bridgehead atoms. The van der Waals surface area contributed by atoms with Crippen LogP contribution in [0.15, 0.2) is 0 Å². The van der Waals surface area contributed by atoms with E-state index in [4.69, 9.17) is 10.5 Å². The lowest BCUT2D eigenvalue weighted by Gasteiger charge is -2.22. The fourth-order valence-corrected chi connectivity index (χ4v) is 1.19. The Morgan fingerprint density at radius 1 is 1.40 bits per heavy atom. The van der Waals surface area contributed by atoms with Crippen LogP contribution in [-0.4, -0.2) is 42.5 Å². The molecule has 15 heavy (non-hydrogen) atoms. The topological polar surface area (TPSA) is 72.6 Å². The van der Waals surface area contributed by atoms with Gasteiger partial charge in [-0.25, -0.2) is 0 Å². The molecule has 0 aliphatic heterocycles. The molecule has 0 aliphatic carbocycles. The number of amides is 1. The molecule has 0 fully saturated rings. The van der Waals surface area contributed by atoms with Crippen molar-refractivity contribution in [2.75, 3.05) is 19.7 Å². The predicted molar refractivity (Wildman–Crippen MR) is 57.2 cm³/mol. The van der Waals surface area contributed by atoms with E-state index in [1.54, 1.807) is 13.8 Å². The second kappa shape index (κ2) is 7.23. The third kappa shape index (κ3) is 5.37. The molecular weight excluding hydrogens is 196 g/mol. The van der Waals surface area contributed by atoms with Gasteiger partial charge in [-0.05, 0) is 20.3 Å². The molecule has 1 amide bonds. The van der Waals surface area contributed by atoms with E-state index in [0.29, 0.717) is 13.2 Å². The van der Waals surface area contributed by atoms with Crippen LogP contribution in [0.1, 0.15) is 27.2 Å². The maximum atomic E-state index is 11.6. The van der Waals surface area contributed by atoms with Gasteiger partial charge in [0, 0.05) is 6.54 Å². The first kappa shape index (κ1) is 13.9. The molecule has 0 aromatic carbocycles. The molecule has 0 radical (unpaired) electrons. The minimum absolute atomic E-state index is 0.0119. The Labute approximate surface area is 90.6 Å². The molecule has 0 heterocycles. The number of nitrogens with zero attached hydrogens (tertiary/aromatic N) is 1. The molecule has 1 unspecified atom stereocenters. The van der Waals surface area contributed by atoms with Gasteiger partial charge >= 0.3 is 5.97 Å². The zero-order valence-electron chi connectivity index (χ0n) is 9.66. The van der Waals surface area contributed by atoms with Crippen molar-refractivity contribution < 1.29 is 14.3 Å². The van der Waals surface area contributed by atoms with Crippen LogP contribution in [0.25, 0.3) is 0 Å². The first-order chi connectivity index (χ1) is 7.02. The largest absolute Gasteiger partial charge is 0.465 e. The van der Waals surface area contributed by atoms with E-state index in [-0.39, 0.29) is 18.4 Å². The van der Waals surface area contributed by atoms with Crippen LogP contribution in [0.5, 0.6) is 0 Å². The van der Waals surface area contributed by atoms with E-state index in [1.165, 1.54) is 4.90 Å². The molecule has 0 aliphatic rings. The maximum absolute atomic E-state index is 11.6. The zero-order chi connectivity index (χ0) is 11.8. The quantitative estimate of drug-likeness (QED) is 0.641. The molecule has 2 N–H and O–H groups in total. The van der Waals surface area contributed by atoms with Crippen molar-refractivity contribution in [2.45, 2.75) is 33.2 Å². The molecule has 0 saturated carbocycles. The number of hydrogen-bond donors (Lipinski definition) is 1. The van der Waals surface area contributed by atoms with Crippen LogP contribution in [0.2, 0.25) is 0 Å². The lowest BCUT2D eigenvalue weighted by molar-refractivity contribution is -0.149.